The maximum absolute atomic E-state index is 11.6. The van der Waals surface area contributed by atoms with Crippen LogP contribution in [0.3, 0.4) is 0 Å². The van der Waals surface area contributed by atoms with Gasteiger partial charge in [-0.05, 0) is 34.9 Å². The minimum Gasteiger partial charge on any atom is -0.369 e. The van der Waals surface area contributed by atoms with E-state index < -0.39 is 5.60 Å². The van der Waals surface area contributed by atoms with Crippen molar-refractivity contribution in [3.05, 3.63) is 0 Å². The Morgan fingerprint density at radius 2 is 2.00 bits per heavy atom. The largest absolute Gasteiger partial charge is 0.369 e. The van der Waals surface area contributed by atoms with Crippen LogP contribution in [0, 0.1) is 0 Å². The number of nitrogens with zero attached hydrogens (tertiary/aromatic N) is 1. The number of rotatable bonds is 5. The average Bonchev–Trinajstić information content (AvgIpc) is 2.02. The first-order valence-electron chi connectivity index (χ1n) is 4.80. The van der Waals surface area contributed by atoms with Crippen molar-refractivity contribution in [1.29, 1.82) is 0 Å². The summed E-state index contributed by atoms with van der Waals surface area (Å²) in [7, 11) is 5.49. The lowest BCUT2D eigenvalue weighted by Crippen LogP contribution is -2.49. The molecule has 4 heteroatoms. The molecule has 4 nitrogen and oxygen atoms in total. The molecule has 0 spiro atoms. The molecule has 0 saturated carbocycles. The normalized spacial score (nSPS) is 14.2. The summed E-state index contributed by atoms with van der Waals surface area (Å²) in [5.74, 6) is -0.0747. The van der Waals surface area contributed by atoms with Crippen molar-refractivity contribution in [3.8, 4) is 0 Å². The van der Waals surface area contributed by atoms with Gasteiger partial charge in [0.2, 0.25) is 0 Å². The van der Waals surface area contributed by atoms with Crippen LogP contribution in [0.4, 0.5) is 0 Å². The van der Waals surface area contributed by atoms with Crippen molar-refractivity contribution >= 4 is 5.91 Å². The number of hydrogen-bond donors (Lipinski definition) is 1. The van der Waals surface area contributed by atoms with Gasteiger partial charge in [0.05, 0.1) is 0 Å². The molecular weight excluding hydrogens is 180 g/mol. The van der Waals surface area contributed by atoms with Gasteiger partial charge in [0.25, 0.3) is 5.91 Å². The Bertz CT molecular complexity index is 191. The van der Waals surface area contributed by atoms with Gasteiger partial charge in [-0.2, -0.15) is 0 Å². The third kappa shape index (κ3) is 4.58. The maximum Gasteiger partial charge on any atom is 0.251 e. The molecule has 0 saturated heterocycles. The van der Waals surface area contributed by atoms with Crippen LogP contribution in [-0.2, 0) is 9.53 Å². The van der Waals surface area contributed by atoms with E-state index in [0.717, 1.165) is 6.54 Å². The molecule has 84 valence electrons. The molecule has 0 aliphatic rings. The fourth-order valence-corrected chi connectivity index (χ4v) is 1.08. The van der Waals surface area contributed by atoms with Gasteiger partial charge in [0.1, 0.15) is 5.60 Å². The number of ether oxygens (including phenoxy) is 1. The molecule has 0 aliphatic carbocycles. The molecular formula is C10H22N2O2. The summed E-state index contributed by atoms with van der Waals surface area (Å²) in [5.41, 5.74) is -0.749. The molecule has 0 aromatic carbocycles. The van der Waals surface area contributed by atoms with Crippen LogP contribution in [0.15, 0.2) is 0 Å². The number of carbonyl (C=O) groups is 1. The molecule has 0 bridgehead atoms. The zero-order valence-electron chi connectivity index (χ0n) is 10.0. The summed E-state index contributed by atoms with van der Waals surface area (Å²) < 4.78 is 5.08. The van der Waals surface area contributed by atoms with Gasteiger partial charge in [-0.15, -0.1) is 0 Å². The molecule has 0 fully saturated rings. The summed E-state index contributed by atoms with van der Waals surface area (Å²) >= 11 is 0. The van der Waals surface area contributed by atoms with E-state index in [2.05, 4.69) is 5.32 Å². The Morgan fingerprint density at radius 1 is 1.50 bits per heavy atom. The fraction of sp³-hybridized carbons (Fsp3) is 0.900. The lowest BCUT2D eigenvalue weighted by atomic mass is 10.1. The molecule has 1 N–H and O–H groups in total. The number of hydrogen-bond acceptors (Lipinski definition) is 3. The highest BCUT2D eigenvalue weighted by Crippen LogP contribution is 2.07. The molecule has 0 rings (SSSR count). The van der Waals surface area contributed by atoms with E-state index in [4.69, 9.17) is 4.74 Å². The first kappa shape index (κ1) is 13.4. The Hall–Kier alpha value is -0.610. The molecule has 0 aliphatic heterocycles. The van der Waals surface area contributed by atoms with Crippen LogP contribution < -0.4 is 5.32 Å². The van der Waals surface area contributed by atoms with Crippen molar-refractivity contribution in [2.24, 2.45) is 0 Å². The van der Waals surface area contributed by atoms with Gasteiger partial charge in [-0.1, -0.05) is 0 Å². The second kappa shape index (κ2) is 5.32. The van der Waals surface area contributed by atoms with Crippen molar-refractivity contribution in [1.82, 2.24) is 10.2 Å². The van der Waals surface area contributed by atoms with Crippen LogP contribution in [0.1, 0.15) is 20.8 Å². The number of methoxy groups -OCH3 is 1. The topological polar surface area (TPSA) is 41.6 Å². The molecule has 0 heterocycles. The standard InChI is InChI=1S/C10H22N2O2/c1-8(7-12(4)5)11-9(13)10(2,3)14-6/h8H,7H2,1-6H3,(H,11,13). The molecule has 1 amide bonds. The van der Waals surface area contributed by atoms with E-state index in [1.807, 2.05) is 25.9 Å². The van der Waals surface area contributed by atoms with Gasteiger partial charge in [-0.25, -0.2) is 0 Å². The van der Waals surface area contributed by atoms with Crippen molar-refractivity contribution in [2.45, 2.75) is 32.4 Å². The predicted octanol–water partition coefficient (Wildman–Crippen LogP) is 0.478. The maximum atomic E-state index is 11.6. The Morgan fingerprint density at radius 3 is 2.36 bits per heavy atom. The zero-order chi connectivity index (χ0) is 11.4. The molecule has 0 aromatic heterocycles. The number of nitrogens with one attached hydrogen (secondary N) is 1. The Balaban J connectivity index is 4.06. The Kier molecular flexibility index (Phi) is 5.08. The molecule has 1 atom stereocenters. The third-order valence-electron chi connectivity index (χ3n) is 2.07. The summed E-state index contributed by atoms with van der Waals surface area (Å²) in [6.45, 7) is 6.31. The highest BCUT2D eigenvalue weighted by molar-refractivity contribution is 5.84. The van der Waals surface area contributed by atoms with Crippen LogP contribution in [0.5, 0.6) is 0 Å². The van der Waals surface area contributed by atoms with Gasteiger partial charge in [0, 0.05) is 19.7 Å². The quantitative estimate of drug-likeness (QED) is 0.705. The molecule has 0 radical (unpaired) electrons. The van der Waals surface area contributed by atoms with E-state index in [9.17, 15) is 4.79 Å². The Labute approximate surface area is 86.6 Å². The van der Waals surface area contributed by atoms with E-state index >= 15 is 0 Å². The summed E-state index contributed by atoms with van der Waals surface area (Å²) in [6.07, 6.45) is 0. The predicted molar refractivity (Wildman–Crippen MR) is 57.2 cm³/mol. The second-order valence-electron chi connectivity index (χ2n) is 4.35. The van der Waals surface area contributed by atoms with E-state index in [1.165, 1.54) is 7.11 Å². The molecule has 14 heavy (non-hydrogen) atoms. The van der Waals surface area contributed by atoms with Gasteiger partial charge >= 0.3 is 0 Å². The molecule has 1 unspecified atom stereocenters. The van der Waals surface area contributed by atoms with E-state index in [-0.39, 0.29) is 11.9 Å². The zero-order valence-corrected chi connectivity index (χ0v) is 10.0. The lowest BCUT2D eigenvalue weighted by molar-refractivity contribution is -0.140. The summed E-state index contributed by atoms with van der Waals surface area (Å²) in [6, 6.07) is 0.131. The second-order valence-corrected chi connectivity index (χ2v) is 4.35. The van der Waals surface area contributed by atoms with Gasteiger partial charge < -0.3 is 15.0 Å². The minimum atomic E-state index is -0.749. The average molecular weight is 202 g/mol. The van der Waals surface area contributed by atoms with Crippen molar-refractivity contribution in [3.63, 3.8) is 0 Å². The van der Waals surface area contributed by atoms with Crippen LogP contribution in [0.2, 0.25) is 0 Å². The fourth-order valence-electron chi connectivity index (χ4n) is 1.08. The lowest BCUT2D eigenvalue weighted by Gasteiger charge is -2.25. The monoisotopic (exact) mass is 202 g/mol. The summed E-state index contributed by atoms with van der Waals surface area (Å²) in [5, 5.41) is 2.90. The third-order valence-corrected chi connectivity index (χ3v) is 2.07. The van der Waals surface area contributed by atoms with Crippen molar-refractivity contribution in [2.75, 3.05) is 27.7 Å². The van der Waals surface area contributed by atoms with E-state index in [1.54, 1.807) is 13.8 Å². The van der Waals surface area contributed by atoms with Gasteiger partial charge in [-0.3, -0.25) is 4.79 Å². The first-order chi connectivity index (χ1) is 6.29. The van der Waals surface area contributed by atoms with E-state index in [0.29, 0.717) is 0 Å². The highest BCUT2D eigenvalue weighted by Gasteiger charge is 2.27. The van der Waals surface area contributed by atoms with Crippen molar-refractivity contribution < 1.29 is 9.53 Å². The van der Waals surface area contributed by atoms with Crippen LogP contribution >= 0.6 is 0 Å². The highest BCUT2D eigenvalue weighted by atomic mass is 16.5. The van der Waals surface area contributed by atoms with Gasteiger partial charge in [0.15, 0.2) is 0 Å². The number of likely N-dealkylation sites (N-methyl/N-ethyl adjacent to an activating group) is 1. The number of amides is 1. The first-order valence-corrected chi connectivity index (χ1v) is 4.80. The number of carbonyl (C=O) groups excluding carboxylic acids is 1. The molecule has 0 aromatic rings. The van der Waals surface area contributed by atoms with Crippen LogP contribution in [-0.4, -0.2) is 50.2 Å². The van der Waals surface area contributed by atoms with Crippen LogP contribution in [0.25, 0.3) is 0 Å². The summed E-state index contributed by atoms with van der Waals surface area (Å²) in [4.78, 5) is 13.7. The minimum absolute atomic E-state index is 0.0747. The SMILES string of the molecule is COC(C)(C)C(=O)NC(C)CN(C)C. The smallest absolute Gasteiger partial charge is 0.251 e.